The zero-order valence-corrected chi connectivity index (χ0v) is 58.8. The fourth-order valence-electron chi connectivity index (χ4n) is 14.8. The van der Waals surface area contributed by atoms with Gasteiger partial charge in [-0.1, -0.05) is 167 Å². The van der Waals surface area contributed by atoms with Gasteiger partial charge in [-0.05, 0) is 98.2 Å². The smallest absolute Gasteiger partial charge is 0.394 e. The Morgan fingerprint density at radius 2 is 0.511 bits per heavy atom. The lowest BCUT2D eigenvalue weighted by Gasteiger charge is -2.51. The fraction of sp³-hybridized carbons (Fsp3) is 0.985. The van der Waals surface area contributed by atoms with Crippen LogP contribution in [0.25, 0.3) is 0 Å². The van der Waals surface area contributed by atoms with E-state index in [1.165, 1.54) is 6.92 Å². The van der Waals surface area contributed by atoms with Gasteiger partial charge in [-0.25, -0.2) is 0 Å². The van der Waals surface area contributed by atoms with Gasteiger partial charge in [-0.2, -0.15) is 8.42 Å². The van der Waals surface area contributed by atoms with Crippen LogP contribution >= 0.6 is 0 Å². The first-order valence-corrected chi connectivity index (χ1v) is 35.5. The van der Waals surface area contributed by atoms with Crippen molar-refractivity contribution in [1.82, 2.24) is 0 Å². The maximum atomic E-state index is 11.7. The molecule has 0 bridgehead atoms. The zero-order valence-electron chi connectivity index (χ0n) is 57.9. The molecule has 0 aromatic rings. The standard InChI is InChI=1S/C39H70O9.C28H52O6.CH4.H2O4S/c1-15-29-20(6)19(5)24(10)37(42-29)46-34-22(8)26(12)39(44-31(34)17-3)48-35-23(9)27(13)38(45-32(35)18-4)47-33-21(7)25(11)36(41-28(14)40)43-30(33)16-2;1-11-21-15(5)14(4)19(9)27(31-21)34-25-17(7)20(10)28(32-23(25)13-3)33-24-16(6)18(8)26(29)30-22(24)12-2;;1-5(2,3)4/h19-27,29-39H,15-18H2,1-14H3;14-29H,11-13H2,1-10H3;1H4;(H2,1,2,3,4)/t19-,20-,21?,22?,23+,24?,25?,26?,27?,29?,30-,31-,32?,33-,34-,35-,36?,37-,38-,39-;14-,15-,16+,17?,18?,19?,20?,21?,22?,23-,24-,25-,26?,27-,28-;;/m00../s1. The fourth-order valence-corrected chi connectivity index (χ4v) is 14.8. The van der Waals surface area contributed by atoms with Crippen molar-refractivity contribution in [2.45, 2.75) is 336 Å². The Hall–Kier alpha value is -1.18. The van der Waals surface area contributed by atoms with Crippen LogP contribution < -0.4 is 0 Å². The van der Waals surface area contributed by atoms with Crippen molar-refractivity contribution in [3.05, 3.63) is 0 Å². The number of aliphatic hydroxyl groups is 1. The Bertz CT molecular complexity index is 2120. The second-order valence-electron chi connectivity index (χ2n) is 28.0. The average Bonchev–Trinajstić information content (AvgIpc) is 0.925. The van der Waals surface area contributed by atoms with Crippen molar-refractivity contribution >= 4 is 16.4 Å². The molecule has 7 aliphatic heterocycles. The molecule has 0 amide bonds. The number of hydrogen-bond acceptors (Lipinski definition) is 17. The molecule has 7 rings (SSSR count). The summed E-state index contributed by atoms with van der Waals surface area (Å²) in [6.07, 6.45) is 2.55. The molecule has 0 aromatic heterocycles. The van der Waals surface area contributed by atoms with Crippen LogP contribution in [0.15, 0.2) is 0 Å². The summed E-state index contributed by atoms with van der Waals surface area (Å²) >= 11 is 0. The largest absolute Gasteiger partial charge is 0.436 e. The number of ether oxygens (including phenoxy) is 13. The molecular formula is C68H128O19S. The third kappa shape index (κ3) is 19.1. The number of carbonyl (C=O) groups is 1. The third-order valence-electron chi connectivity index (χ3n) is 22.8. The second-order valence-corrected chi connectivity index (χ2v) is 28.9. The molecule has 520 valence electrons. The molecule has 3 N–H and O–H groups in total. The number of hydrogen-bond donors (Lipinski definition) is 3. The van der Waals surface area contributed by atoms with Gasteiger partial charge >= 0.3 is 16.4 Å². The summed E-state index contributed by atoms with van der Waals surface area (Å²) in [6.45, 7) is 52.1. The zero-order chi connectivity index (χ0) is 65.4. The molecule has 0 spiro atoms. The van der Waals surface area contributed by atoms with Crippen LogP contribution in [0.2, 0.25) is 0 Å². The predicted molar refractivity (Wildman–Crippen MR) is 339 cm³/mol. The van der Waals surface area contributed by atoms with E-state index in [1.807, 2.05) is 6.92 Å². The lowest BCUT2D eigenvalue weighted by atomic mass is 9.78. The quantitative estimate of drug-likeness (QED) is 0.0855. The first-order chi connectivity index (χ1) is 40.7. The Morgan fingerprint density at radius 1 is 0.318 bits per heavy atom. The first-order valence-electron chi connectivity index (χ1n) is 34.1. The van der Waals surface area contributed by atoms with Gasteiger partial charge < -0.3 is 66.7 Å². The van der Waals surface area contributed by atoms with Crippen molar-refractivity contribution in [2.24, 2.45) is 94.7 Å². The minimum atomic E-state index is -4.67. The molecule has 7 fully saturated rings. The summed E-state index contributed by atoms with van der Waals surface area (Å²) in [5.74, 6) is 3.79. The molecule has 20 heteroatoms. The van der Waals surface area contributed by atoms with E-state index in [2.05, 4.69) is 152 Å². The summed E-state index contributed by atoms with van der Waals surface area (Å²) in [6, 6.07) is 0. The van der Waals surface area contributed by atoms with Gasteiger partial charge in [0.2, 0.25) is 6.29 Å². The van der Waals surface area contributed by atoms with E-state index in [4.69, 9.17) is 79.1 Å². The van der Waals surface area contributed by atoms with Crippen LogP contribution in [-0.4, -0.2) is 146 Å². The summed E-state index contributed by atoms with van der Waals surface area (Å²) in [5.41, 5.74) is 0. The molecule has 0 aromatic carbocycles. The van der Waals surface area contributed by atoms with Crippen molar-refractivity contribution in [1.29, 1.82) is 0 Å². The number of esters is 1. The average molecular weight is 1280 g/mol. The van der Waals surface area contributed by atoms with Crippen LogP contribution in [0.4, 0.5) is 0 Å². The molecule has 88 heavy (non-hydrogen) atoms. The van der Waals surface area contributed by atoms with Crippen LogP contribution in [0.5, 0.6) is 0 Å². The van der Waals surface area contributed by atoms with Gasteiger partial charge in [0.1, 0.15) is 0 Å². The van der Waals surface area contributed by atoms with Gasteiger partial charge in [0.15, 0.2) is 37.7 Å². The van der Waals surface area contributed by atoms with Crippen molar-refractivity contribution < 1.29 is 89.0 Å². The van der Waals surface area contributed by atoms with E-state index in [0.717, 1.165) is 44.9 Å². The summed E-state index contributed by atoms with van der Waals surface area (Å²) in [7, 11) is -4.67. The van der Waals surface area contributed by atoms with Gasteiger partial charge in [0, 0.05) is 48.3 Å². The Labute approximate surface area is 533 Å². The Morgan fingerprint density at radius 3 is 0.750 bits per heavy atom. The molecule has 0 saturated carbocycles. The summed E-state index contributed by atoms with van der Waals surface area (Å²) < 4.78 is 116. The maximum absolute atomic E-state index is 11.7. The van der Waals surface area contributed by atoms with Gasteiger partial charge in [0.25, 0.3) is 0 Å². The normalized spacial score (nSPS) is 48.3. The molecule has 7 heterocycles. The predicted octanol–water partition coefficient (Wildman–Crippen LogP) is 13.6. The van der Waals surface area contributed by atoms with E-state index in [9.17, 15) is 9.90 Å². The summed E-state index contributed by atoms with van der Waals surface area (Å²) in [5, 5.41) is 10.3. The van der Waals surface area contributed by atoms with Crippen LogP contribution in [-0.2, 0) is 76.8 Å². The topological polar surface area (TPSA) is 232 Å². The SMILES string of the molecule is C.CCC1O[C@@H](O[C@H]2C(C)C(C)[C@H](O[C@@H]3C(CC)OC(O)C(C)[C@H]3C)O[C@H]2CC)C(C)[C@@H](C)[C@@H]1C.CCC1O[C@@H](O[C@H]2C(C)C(C)[C@H](O[C@@H]3C(CC)O[C@@H](O[C@H]4C(C)C(C)C(OC(C)=O)O[C@H]4CC)C(C)[C@H]3C)O[C@H]2CC)C(C)[C@@H](C)[C@@H]1C.O=S(=O)(O)O. The molecule has 7 saturated heterocycles. The van der Waals surface area contributed by atoms with Gasteiger partial charge in [0.05, 0.1) is 73.2 Å². The number of carbonyl (C=O) groups excluding carboxylic acids is 1. The third-order valence-corrected chi connectivity index (χ3v) is 22.8. The number of aliphatic hydroxyl groups excluding tert-OH is 1. The molecule has 19 nitrogen and oxygen atoms in total. The highest BCUT2D eigenvalue weighted by atomic mass is 32.3. The monoisotopic (exact) mass is 1280 g/mol. The second kappa shape index (κ2) is 35.0. The molecule has 35 atom stereocenters. The van der Waals surface area contributed by atoms with Crippen molar-refractivity contribution in [3.63, 3.8) is 0 Å². The van der Waals surface area contributed by atoms with Gasteiger partial charge in [-0.15, -0.1) is 0 Å². The maximum Gasteiger partial charge on any atom is 0.394 e. The lowest BCUT2D eigenvalue weighted by molar-refractivity contribution is -0.358. The Balaban J connectivity index is 0.000000362. The van der Waals surface area contributed by atoms with Crippen LogP contribution in [0, 0.1) is 94.7 Å². The Kier molecular flexibility index (Phi) is 31.5. The minimum Gasteiger partial charge on any atom is -0.436 e. The van der Waals surface area contributed by atoms with E-state index < -0.39 is 29.3 Å². The van der Waals surface area contributed by atoms with Crippen LogP contribution in [0.1, 0.15) is 219 Å². The van der Waals surface area contributed by atoms with E-state index in [0.29, 0.717) is 35.5 Å². The van der Waals surface area contributed by atoms with Crippen molar-refractivity contribution in [3.8, 4) is 0 Å². The molecule has 0 radical (unpaired) electrons. The van der Waals surface area contributed by atoms with E-state index in [1.54, 1.807) is 0 Å². The minimum absolute atomic E-state index is 0. The molecule has 0 aliphatic carbocycles. The highest BCUT2D eigenvalue weighted by Gasteiger charge is 2.53. The van der Waals surface area contributed by atoms with Crippen LogP contribution in [0.3, 0.4) is 0 Å². The number of rotatable bonds is 18. The van der Waals surface area contributed by atoms with Gasteiger partial charge in [-0.3, -0.25) is 13.9 Å². The summed E-state index contributed by atoms with van der Waals surface area (Å²) in [4.78, 5) is 11.7. The lowest BCUT2D eigenvalue weighted by Crippen LogP contribution is -2.59. The molecule has 16 unspecified atom stereocenters. The molecule has 7 aliphatic rings. The highest BCUT2D eigenvalue weighted by molar-refractivity contribution is 7.79. The highest BCUT2D eigenvalue weighted by Crippen LogP contribution is 2.47. The first kappa shape index (κ1) is 79.3. The molecular weight excluding hydrogens is 1150 g/mol. The van der Waals surface area contributed by atoms with Crippen molar-refractivity contribution in [2.75, 3.05) is 0 Å². The van der Waals surface area contributed by atoms with E-state index in [-0.39, 0.29) is 171 Å². The van der Waals surface area contributed by atoms with E-state index >= 15 is 0 Å².